The van der Waals surface area contributed by atoms with Gasteiger partial charge in [-0.3, -0.25) is 9.59 Å². The number of benzene rings is 2. The predicted molar refractivity (Wildman–Crippen MR) is 98.1 cm³/mol. The summed E-state index contributed by atoms with van der Waals surface area (Å²) in [7, 11) is 3.03. The van der Waals surface area contributed by atoms with Gasteiger partial charge in [0.1, 0.15) is 17.4 Å². The summed E-state index contributed by atoms with van der Waals surface area (Å²) in [6.45, 7) is -0.00654. The number of carboxylic acid groups (broad SMARTS) is 1. The van der Waals surface area contributed by atoms with Gasteiger partial charge >= 0.3 is 5.97 Å². The molecule has 7 heteroatoms. The molecule has 0 bridgehead atoms. The van der Waals surface area contributed by atoms with Crippen LogP contribution in [0.2, 0.25) is 0 Å². The van der Waals surface area contributed by atoms with Crippen LogP contribution in [0.15, 0.2) is 42.5 Å². The number of para-hydroxylation sites is 1. The molecule has 2 atom stereocenters. The number of rotatable bonds is 6. The molecule has 0 aromatic heterocycles. The van der Waals surface area contributed by atoms with Crippen molar-refractivity contribution in [3.05, 3.63) is 53.6 Å². The van der Waals surface area contributed by atoms with E-state index in [1.807, 2.05) is 12.1 Å². The molecule has 0 saturated carbocycles. The van der Waals surface area contributed by atoms with Crippen LogP contribution in [0.25, 0.3) is 0 Å². The lowest BCUT2D eigenvalue weighted by Crippen LogP contribution is -2.33. The smallest absolute Gasteiger partial charge is 0.316 e. The molecule has 0 radical (unpaired) electrons. The quantitative estimate of drug-likeness (QED) is 0.599. The minimum atomic E-state index is -1.25. The average Bonchev–Trinajstić information content (AvgIpc) is 2.81. The van der Waals surface area contributed by atoms with Crippen molar-refractivity contribution in [2.45, 2.75) is 12.3 Å². The number of carboxylic acids is 1. The fourth-order valence-electron chi connectivity index (χ4n) is 3.34. The number of fused-ring (bicyclic) bond motifs is 1. The van der Waals surface area contributed by atoms with Gasteiger partial charge in [0.05, 0.1) is 7.11 Å². The molecule has 27 heavy (non-hydrogen) atoms. The van der Waals surface area contributed by atoms with E-state index in [1.165, 1.54) is 14.2 Å². The van der Waals surface area contributed by atoms with Crippen molar-refractivity contribution in [3.63, 3.8) is 0 Å². The summed E-state index contributed by atoms with van der Waals surface area (Å²) < 4.78 is 15.9. The number of amides is 1. The standard InChI is InChI=1S/C20H21NO6/c1-25-11-27-17-10-13(26-2)7-8-14(17)15-9-12-5-3-4-6-16(12)21-19(22)18(15)20(23)24/h3-8,10,15,18H,9,11H2,1-2H3,(H,21,22)(H,23,24)/t15-,18-/m0/s1. The van der Waals surface area contributed by atoms with Crippen LogP contribution < -0.4 is 14.8 Å². The van der Waals surface area contributed by atoms with Crippen LogP contribution in [0.3, 0.4) is 0 Å². The third kappa shape index (κ3) is 3.88. The zero-order valence-corrected chi connectivity index (χ0v) is 15.1. The van der Waals surface area contributed by atoms with E-state index in [1.54, 1.807) is 30.3 Å². The molecule has 0 aliphatic carbocycles. The number of anilines is 1. The highest BCUT2D eigenvalue weighted by atomic mass is 16.7. The number of methoxy groups -OCH3 is 2. The zero-order chi connectivity index (χ0) is 19.4. The van der Waals surface area contributed by atoms with Crippen molar-refractivity contribution >= 4 is 17.6 Å². The van der Waals surface area contributed by atoms with Crippen LogP contribution in [0.5, 0.6) is 11.5 Å². The lowest BCUT2D eigenvalue weighted by molar-refractivity contribution is -0.146. The molecule has 0 saturated heterocycles. The molecule has 2 aromatic carbocycles. The molecular formula is C20H21NO6. The summed E-state index contributed by atoms with van der Waals surface area (Å²) in [6.07, 6.45) is 0.377. The van der Waals surface area contributed by atoms with Gasteiger partial charge in [0, 0.05) is 24.8 Å². The van der Waals surface area contributed by atoms with Crippen molar-refractivity contribution in [2.24, 2.45) is 5.92 Å². The van der Waals surface area contributed by atoms with Gasteiger partial charge in [-0.2, -0.15) is 0 Å². The van der Waals surface area contributed by atoms with Gasteiger partial charge in [0.25, 0.3) is 0 Å². The third-order valence-corrected chi connectivity index (χ3v) is 4.62. The summed E-state index contributed by atoms with van der Waals surface area (Å²) in [5.74, 6) is -2.60. The molecule has 2 N–H and O–H groups in total. The molecule has 0 unspecified atom stereocenters. The lowest BCUT2D eigenvalue weighted by atomic mass is 9.81. The Morgan fingerprint density at radius 1 is 1.22 bits per heavy atom. The molecular weight excluding hydrogens is 350 g/mol. The molecule has 3 rings (SSSR count). The van der Waals surface area contributed by atoms with Crippen LogP contribution in [0.4, 0.5) is 5.69 Å². The molecule has 1 heterocycles. The molecule has 1 aliphatic rings. The van der Waals surface area contributed by atoms with Crippen molar-refractivity contribution in [2.75, 3.05) is 26.3 Å². The molecule has 1 aliphatic heterocycles. The Morgan fingerprint density at radius 3 is 2.70 bits per heavy atom. The third-order valence-electron chi connectivity index (χ3n) is 4.62. The average molecular weight is 371 g/mol. The van der Waals surface area contributed by atoms with Gasteiger partial charge in [-0.05, 0) is 29.7 Å². The summed E-state index contributed by atoms with van der Waals surface area (Å²) >= 11 is 0. The van der Waals surface area contributed by atoms with Gasteiger partial charge in [-0.1, -0.05) is 24.3 Å². The molecule has 2 aromatic rings. The van der Waals surface area contributed by atoms with E-state index >= 15 is 0 Å². The van der Waals surface area contributed by atoms with Crippen molar-refractivity contribution in [3.8, 4) is 11.5 Å². The fourth-order valence-corrected chi connectivity index (χ4v) is 3.34. The van der Waals surface area contributed by atoms with E-state index in [9.17, 15) is 14.7 Å². The topological polar surface area (TPSA) is 94.1 Å². The Balaban J connectivity index is 2.11. The monoisotopic (exact) mass is 371 g/mol. The minimum Gasteiger partial charge on any atom is -0.497 e. The predicted octanol–water partition coefficient (Wildman–Crippen LogP) is 2.66. The Labute approximate surface area is 156 Å². The first-order valence-electron chi connectivity index (χ1n) is 8.46. The molecule has 0 spiro atoms. The maximum absolute atomic E-state index is 12.7. The largest absolute Gasteiger partial charge is 0.497 e. The number of aliphatic carboxylic acids is 1. The van der Waals surface area contributed by atoms with Gasteiger partial charge in [-0.25, -0.2) is 0 Å². The highest BCUT2D eigenvalue weighted by molar-refractivity contribution is 6.06. The van der Waals surface area contributed by atoms with E-state index in [0.717, 1.165) is 5.56 Å². The Hall–Kier alpha value is -3.06. The van der Waals surface area contributed by atoms with E-state index < -0.39 is 23.7 Å². The van der Waals surface area contributed by atoms with Crippen LogP contribution in [0, 0.1) is 5.92 Å². The van der Waals surface area contributed by atoms with E-state index in [-0.39, 0.29) is 6.79 Å². The van der Waals surface area contributed by atoms with Crippen molar-refractivity contribution < 1.29 is 28.9 Å². The van der Waals surface area contributed by atoms with Crippen LogP contribution in [0.1, 0.15) is 17.0 Å². The van der Waals surface area contributed by atoms with Gasteiger partial charge in [-0.15, -0.1) is 0 Å². The van der Waals surface area contributed by atoms with E-state index in [4.69, 9.17) is 14.2 Å². The number of ether oxygens (including phenoxy) is 3. The van der Waals surface area contributed by atoms with Crippen molar-refractivity contribution in [1.82, 2.24) is 0 Å². The molecule has 1 amide bonds. The second-order valence-corrected chi connectivity index (χ2v) is 6.23. The number of carbonyl (C=O) groups excluding carboxylic acids is 1. The molecule has 0 fully saturated rings. The highest BCUT2D eigenvalue weighted by Crippen LogP contribution is 2.40. The molecule has 7 nitrogen and oxygen atoms in total. The number of hydrogen-bond acceptors (Lipinski definition) is 5. The first-order valence-corrected chi connectivity index (χ1v) is 8.46. The van der Waals surface area contributed by atoms with Crippen molar-refractivity contribution in [1.29, 1.82) is 0 Å². The Bertz CT molecular complexity index is 850. The fraction of sp³-hybridized carbons (Fsp3) is 0.300. The van der Waals surface area contributed by atoms with E-state index in [0.29, 0.717) is 29.2 Å². The highest BCUT2D eigenvalue weighted by Gasteiger charge is 2.40. The Kier molecular flexibility index (Phi) is 5.61. The summed E-state index contributed by atoms with van der Waals surface area (Å²) in [4.78, 5) is 24.6. The summed E-state index contributed by atoms with van der Waals surface area (Å²) in [6, 6.07) is 12.4. The maximum atomic E-state index is 12.7. The minimum absolute atomic E-state index is 0.00654. The van der Waals surface area contributed by atoms with Crippen LogP contribution in [-0.4, -0.2) is 38.0 Å². The SMILES string of the molecule is COCOc1cc(OC)ccc1[C@@H]1Cc2ccccc2NC(=O)[C@H]1C(=O)O. The number of nitrogens with one attached hydrogen (secondary N) is 1. The van der Waals surface area contributed by atoms with Crippen LogP contribution >= 0.6 is 0 Å². The molecule has 142 valence electrons. The number of hydrogen-bond donors (Lipinski definition) is 2. The second kappa shape index (κ2) is 8.09. The number of carbonyl (C=O) groups is 2. The normalized spacial score (nSPS) is 18.8. The van der Waals surface area contributed by atoms with Crippen LogP contribution in [-0.2, 0) is 20.7 Å². The first kappa shape index (κ1) is 18.7. The van der Waals surface area contributed by atoms with Gasteiger partial charge in [0.2, 0.25) is 5.91 Å². The summed E-state index contributed by atoms with van der Waals surface area (Å²) in [5, 5.41) is 12.5. The Morgan fingerprint density at radius 2 is 2.00 bits per heavy atom. The second-order valence-electron chi connectivity index (χ2n) is 6.23. The first-order chi connectivity index (χ1) is 13.0. The zero-order valence-electron chi connectivity index (χ0n) is 15.1. The maximum Gasteiger partial charge on any atom is 0.316 e. The van der Waals surface area contributed by atoms with Gasteiger partial charge in [0.15, 0.2) is 6.79 Å². The lowest BCUT2D eigenvalue weighted by Gasteiger charge is -2.23. The van der Waals surface area contributed by atoms with Gasteiger partial charge < -0.3 is 24.6 Å². The van der Waals surface area contributed by atoms with E-state index in [2.05, 4.69) is 5.32 Å². The summed E-state index contributed by atoms with van der Waals surface area (Å²) in [5.41, 5.74) is 2.12.